The van der Waals surface area contributed by atoms with Crippen LogP contribution in [0.3, 0.4) is 0 Å². The number of aromatic nitrogens is 3. The molecule has 3 rings (SSSR count). The minimum Gasteiger partial charge on any atom is -0.461 e. The van der Waals surface area contributed by atoms with Gasteiger partial charge in [-0.15, -0.1) is 0 Å². The Labute approximate surface area is 173 Å². The number of hydrogen-bond donors (Lipinski definition) is 2. The number of aliphatic hydroxyl groups excluding tert-OH is 2. The van der Waals surface area contributed by atoms with E-state index in [9.17, 15) is 20.3 Å². The zero-order valence-electron chi connectivity index (χ0n) is 17.1. The molecule has 0 radical (unpaired) electrons. The highest BCUT2D eigenvalue weighted by Gasteiger charge is 2.57. The van der Waals surface area contributed by atoms with Gasteiger partial charge in [0.1, 0.15) is 42.8 Å². The fraction of sp³-hybridized carbons (Fsp3) is 0.526. The molecule has 0 saturated carbocycles. The number of nitrogens with zero attached hydrogens (tertiary/aromatic N) is 6. The van der Waals surface area contributed by atoms with Crippen molar-refractivity contribution in [2.24, 2.45) is 10.9 Å². The number of aliphatic imine (C=N–C) groups is 1. The van der Waals surface area contributed by atoms with Crippen LogP contribution in [0.1, 0.15) is 25.6 Å². The Morgan fingerprint density at radius 2 is 2.23 bits per heavy atom. The number of carbonyl (C=O) groups excluding carboxylic acids is 1. The summed E-state index contributed by atoms with van der Waals surface area (Å²) in [5.74, 6) is -0.551. The maximum Gasteiger partial charge on any atom is 0.308 e. The van der Waals surface area contributed by atoms with Crippen molar-refractivity contribution in [1.29, 1.82) is 5.26 Å². The Balaban J connectivity index is 1.93. The smallest absolute Gasteiger partial charge is 0.308 e. The molecule has 1 fully saturated rings. The van der Waals surface area contributed by atoms with Crippen molar-refractivity contribution in [3.05, 3.63) is 24.2 Å². The molecule has 0 spiro atoms. The normalized spacial score (nSPS) is 26.4. The summed E-state index contributed by atoms with van der Waals surface area (Å²) in [7, 11) is 3.65. The maximum absolute atomic E-state index is 11.8. The number of hydrogen-bond acceptors (Lipinski definition) is 9. The first-order chi connectivity index (χ1) is 14.2. The minimum atomic E-state index is -1.91. The van der Waals surface area contributed by atoms with Gasteiger partial charge in [-0.3, -0.25) is 4.79 Å². The lowest BCUT2D eigenvalue weighted by atomic mass is 9.96. The van der Waals surface area contributed by atoms with Gasteiger partial charge < -0.3 is 24.6 Å². The molecule has 0 bridgehead atoms. The summed E-state index contributed by atoms with van der Waals surface area (Å²) < 4.78 is 12.4. The monoisotopic (exact) mass is 416 g/mol. The number of nitriles is 1. The van der Waals surface area contributed by atoms with E-state index < -0.39 is 42.4 Å². The van der Waals surface area contributed by atoms with Gasteiger partial charge in [0.05, 0.1) is 18.0 Å². The average molecular weight is 416 g/mol. The molecule has 30 heavy (non-hydrogen) atoms. The Bertz CT molecular complexity index is 997. The highest BCUT2D eigenvalue weighted by atomic mass is 16.6. The molecule has 0 aromatic carbocycles. The maximum atomic E-state index is 11.8. The molecular weight excluding hydrogens is 392 g/mol. The van der Waals surface area contributed by atoms with Crippen LogP contribution in [0.25, 0.3) is 5.52 Å². The quantitative estimate of drug-likeness (QED) is 0.383. The van der Waals surface area contributed by atoms with Crippen molar-refractivity contribution < 1.29 is 24.5 Å². The fourth-order valence-corrected chi connectivity index (χ4v) is 3.06. The van der Waals surface area contributed by atoms with Gasteiger partial charge in [-0.1, -0.05) is 13.8 Å². The lowest BCUT2D eigenvalue weighted by molar-refractivity contribution is -0.158. The Hall–Kier alpha value is -3.07. The van der Waals surface area contributed by atoms with Gasteiger partial charge in [-0.25, -0.2) is 14.5 Å². The second-order valence-electron chi connectivity index (χ2n) is 7.58. The fourth-order valence-electron chi connectivity index (χ4n) is 3.06. The molecule has 1 aliphatic rings. The predicted molar refractivity (Wildman–Crippen MR) is 105 cm³/mol. The lowest BCUT2D eigenvalue weighted by Crippen LogP contribution is -2.46. The molecule has 4 atom stereocenters. The third kappa shape index (κ3) is 3.85. The molecular formula is C19H24N6O5. The second kappa shape index (κ2) is 8.35. The van der Waals surface area contributed by atoms with Gasteiger partial charge in [0.15, 0.2) is 5.82 Å². The number of ether oxygens (including phenoxy) is 2. The number of esters is 1. The average Bonchev–Trinajstić information content (AvgIpc) is 3.25. The molecule has 11 heteroatoms. The van der Waals surface area contributed by atoms with Crippen molar-refractivity contribution in [3.8, 4) is 6.07 Å². The van der Waals surface area contributed by atoms with Crippen LogP contribution in [-0.4, -0.2) is 80.5 Å². The van der Waals surface area contributed by atoms with Crippen LogP contribution in [0.5, 0.6) is 0 Å². The summed E-state index contributed by atoms with van der Waals surface area (Å²) in [4.78, 5) is 22.0. The van der Waals surface area contributed by atoms with Crippen LogP contribution in [0.4, 0.5) is 5.82 Å². The van der Waals surface area contributed by atoms with E-state index in [0.29, 0.717) is 17.0 Å². The van der Waals surface area contributed by atoms with Gasteiger partial charge in [-0.05, 0) is 12.1 Å². The van der Waals surface area contributed by atoms with Crippen LogP contribution in [-0.2, 0) is 14.3 Å². The number of carbonyl (C=O) groups is 1. The number of rotatable bonds is 6. The van der Waals surface area contributed by atoms with E-state index in [1.54, 1.807) is 37.2 Å². The summed E-state index contributed by atoms with van der Waals surface area (Å²) in [6.45, 7) is 2.79. The molecule has 2 N–H and O–H groups in total. The standard InChI is InChI=1S/C19H24N6O5/c1-11(2)18(28)29-8-19(7-20)16(27)14(26)15(30-19)12-5-6-13-17(22-10-24(3)4)21-9-23-25(12)13/h5-6,9-11,14-16,26-27H,8H2,1-4H3/t14-,15-,16-,19+/m0/s1. The summed E-state index contributed by atoms with van der Waals surface area (Å²) >= 11 is 0. The molecule has 1 saturated heterocycles. The third-order valence-electron chi connectivity index (χ3n) is 4.70. The van der Waals surface area contributed by atoms with Crippen molar-refractivity contribution in [3.63, 3.8) is 0 Å². The minimum absolute atomic E-state index is 0.396. The van der Waals surface area contributed by atoms with E-state index in [1.165, 1.54) is 10.8 Å². The van der Waals surface area contributed by atoms with E-state index in [2.05, 4.69) is 15.1 Å². The second-order valence-corrected chi connectivity index (χ2v) is 7.58. The molecule has 160 valence electrons. The van der Waals surface area contributed by atoms with Gasteiger partial charge in [0.25, 0.3) is 0 Å². The van der Waals surface area contributed by atoms with Gasteiger partial charge in [0.2, 0.25) is 5.60 Å². The molecule has 3 heterocycles. The predicted octanol–water partition coefficient (Wildman–Crippen LogP) is 0.205. The van der Waals surface area contributed by atoms with Crippen molar-refractivity contribution >= 4 is 23.6 Å². The zero-order valence-corrected chi connectivity index (χ0v) is 17.1. The molecule has 1 aliphatic heterocycles. The van der Waals surface area contributed by atoms with Crippen molar-refractivity contribution in [2.75, 3.05) is 20.7 Å². The first-order valence-corrected chi connectivity index (χ1v) is 9.35. The molecule has 2 aromatic rings. The molecule has 11 nitrogen and oxygen atoms in total. The first kappa shape index (κ1) is 21.6. The third-order valence-corrected chi connectivity index (χ3v) is 4.70. The van der Waals surface area contributed by atoms with Crippen LogP contribution in [0.15, 0.2) is 23.5 Å². The molecule has 0 unspecified atom stereocenters. The van der Waals surface area contributed by atoms with Gasteiger partial charge in [-0.2, -0.15) is 10.4 Å². The summed E-state index contributed by atoms with van der Waals surface area (Å²) in [5.41, 5.74) is -0.957. The van der Waals surface area contributed by atoms with Crippen molar-refractivity contribution in [1.82, 2.24) is 19.5 Å². The highest BCUT2D eigenvalue weighted by Crippen LogP contribution is 2.41. The molecule has 0 aliphatic carbocycles. The first-order valence-electron chi connectivity index (χ1n) is 9.35. The highest BCUT2D eigenvalue weighted by molar-refractivity contribution is 5.72. The number of fused-ring (bicyclic) bond motifs is 1. The number of aliphatic hydroxyl groups is 2. The van der Waals surface area contributed by atoms with Crippen LogP contribution in [0.2, 0.25) is 0 Å². The summed E-state index contributed by atoms with van der Waals surface area (Å²) in [6, 6.07) is 5.20. The van der Waals surface area contributed by atoms with E-state index in [-0.39, 0.29) is 0 Å². The zero-order chi connectivity index (χ0) is 22.1. The Morgan fingerprint density at radius 3 is 2.87 bits per heavy atom. The van der Waals surface area contributed by atoms with Crippen LogP contribution in [0, 0.1) is 17.2 Å². The van der Waals surface area contributed by atoms with Crippen LogP contribution < -0.4 is 0 Å². The van der Waals surface area contributed by atoms with Gasteiger partial charge >= 0.3 is 5.97 Å². The van der Waals surface area contributed by atoms with E-state index in [4.69, 9.17) is 9.47 Å². The summed E-state index contributed by atoms with van der Waals surface area (Å²) in [6.07, 6.45) is -1.22. The van der Waals surface area contributed by atoms with Crippen molar-refractivity contribution in [2.45, 2.75) is 37.8 Å². The van der Waals surface area contributed by atoms with E-state index in [0.717, 1.165) is 0 Å². The summed E-state index contributed by atoms with van der Waals surface area (Å²) in [5, 5.41) is 35.0. The Kier molecular flexibility index (Phi) is 6.02. The lowest BCUT2D eigenvalue weighted by Gasteiger charge is -2.24. The van der Waals surface area contributed by atoms with E-state index in [1.807, 2.05) is 20.2 Å². The Morgan fingerprint density at radius 1 is 1.50 bits per heavy atom. The molecule has 2 aromatic heterocycles. The van der Waals surface area contributed by atoms with Crippen LogP contribution >= 0.6 is 0 Å². The largest absolute Gasteiger partial charge is 0.461 e. The molecule has 0 amide bonds. The van der Waals surface area contributed by atoms with E-state index >= 15 is 0 Å². The topological polar surface area (TPSA) is 146 Å². The van der Waals surface area contributed by atoms with Gasteiger partial charge in [0, 0.05) is 14.1 Å². The SMILES string of the molecule is CC(C)C(=O)OC[C@@]1(C#N)O[C@@H](c2ccc3c(N=CN(C)C)ncnn23)[C@H](O)[C@@H]1O.